The zero-order valence-electron chi connectivity index (χ0n) is 20.6. The van der Waals surface area contributed by atoms with E-state index < -0.39 is 20.8 Å². The van der Waals surface area contributed by atoms with E-state index in [4.69, 9.17) is 4.74 Å². The summed E-state index contributed by atoms with van der Waals surface area (Å²) in [5, 5.41) is 27.2. The topological polar surface area (TPSA) is 143 Å². The minimum atomic E-state index is -0.554. The standard InChI is InChI=1S/C26H22BrN5O6/c1-26(2,3)25-29-22-9-7-18(27)13-21(22)24(33)30(25)28-14-17-12-20(32(36)37)8-10-23(17)38-15-16-5-4-6-19(11-16)31(34)35/h4-14H,15H2,1-3H3. The Labute approximate surface area is 224 Å². The molecule has 4 aromatic rings. The third-order valence-corrected chi connectivity index (χ3v) is 6.00. The van der Waals surface area contributed by atoms with Gasteiger partial charge in [-0.1, -0.05) is 48.8 Å². The highest BCUT2D eigenvalue weighted by molar-refractivity contribution is 9.10. The highest BCUT2D eigenvalue weighted by Gasteiger charge is 2.23. The molecule has 0 radical (unpaired) electrons. The molecular formula is C26H22BrN5O6. The van der Waals surface area contributed by atoms with Crippen molar-refractivity contribution >= 4 is 44.4 Å². The summed E-state index contributed by atoms with van der Waals surface area (Å²) >= 11 is 3.37. The van der Waals surface area contributed by atoms with Crippen LogP contribution in [0.25, 0.3) is 10.9 Å². The van der Waals surface area contributed by atoms with Gasteiger partial charge in [-0.3, -0.25) is 25.0 Å². The summed E-state index contributed by atoms with van der Waals surface area (Å²) < 4.78 is 7.73. The van der Waals surface area contributed by atoms with Crippen LogP contribution in [0.15, 0.2) is 75.0 Å². The van der Waals surface area contributed by atoms with E-state index in [0.29, 0.717) is 26.8 Å². The number of nitrogens with zero attached hydrogens (tertiary/aromatic N) is 5. The molecule has 0 amide bonds. The SMILES string of the molecule is CC(C)(C)c1nc2ccc(Br)cc2c(=O)n1N=Cc1cc([N+](=O)[O-])ccc1OCc1cccc([N+](=O)[O-])c1. The van der Waals surface area contributed by atoms with Crippen molar-refractivity contribution in [2.45, 2.75) is 32.8 Å². The van der Waals surface area contributed by atoms with Gasteiger partial charge in [-0.05, 0) is 29.8 Å². The monoisotopic (exact) mass is 579 g/mol. The first kappa shape index (κ1) is 26.6. The van der Waals surface area contributed by atoms with Gasteiger partial charge < -0.3 is 4.74 Å². The van der Waals surface area contributed by atoms with Crippen molar-refractivity contribution < 1.29 is 14.6 Å². The van der Waals surface area contributed by atoms with Gasteiger partial charge in [0.2, 0.25) is 0 Å². The maximum atomic E-state index is 13.4. The van der Waals surface area contributed by atoms with Gasteiger partial charge >= 0.3 is 0 Å². The first-order chi connectivity index (χ1) is 17.9. The highest BCUT2D eigenvalue weighted by atomic mass is 79.9. The predicted molar refractivity (Wildman–Crippen MR) is 146 cm³/mol. The molecule has 0 bridgehead atoms. The molecule has 0 atom stereocenters. The zero-order chi connectivity index (χ0) is 27.6. The lowest BCUT2D eigenvalue weighted by molar-refractivity contribution is -0.385. The maximum absolute atomic E-state index is 13.4. The van der Waals surface area contributed by atoms with Gasteiger partial charge in [-0.15, -0.1) is 0 Å². The van der Waals surface area contributed by atoms with Crippen LogP contribution in [0.3, 0.4) is 0 Å². The number of nitro benzene ring substituents is 2. The normalized spacial score (nSPS) is 11.7. The van der Waals surface area contributed by atoms with Gasteiger partial charge in [0.25, 0.3) is 16.9 Å². The summed E-state index contributed by atoms with van der Waals surface area (Å²) in [6, 6.07) is 15.1. The minimum Gasteiger partial charge on any atom is -0.488 e. The smallest absolute Gasteiger partial charge is 0.282 e. The van der Waals surface area contributed by atoms with Crippen LogP contribution in [0.2, 0.25) is 0 Å². The van der Waals surface area contributed by atoms with Crippen molar-refractivity contribution in [3.05, 3.63) is 113 Å². The highest BCUT2D eigenvalue weighted by Crippen LogP contribution is 2.26. The van der Waals surface area contributed by atoms with Crippen LogP contribution in [0.1, 0.15) is 37.7 Å². The molecule has 0 aliphatic heterocycles. The Morgan fingerprint density at radius 2 is 1.74 bits per heavy atom. The van der Waals surface area contributed by atoms with E-state index in [9.17, 15) is 25.0 Å². The molecule has 194 valence electrons. The quantitative estimate of drug-likeness (QED) is 0.154. The van der Waals surface area contributed by atoms with Gasteiger partial charge in [0, 0.05) is 39.7 Å². The molecule has 0 N–H and O–H groups in total. The largest absolute Gasteiger partial charge is 0.488 e. The number of hydrogen-bond donors (Lipinski definition) is 0. The second-order valence-electron chi connectivity index (χ2n) is 9.40. The lowest BCUT2D eigenvalue weighted by Gasteiger charge is -2.21. The van der Waals surface area contributed by atoms with E-state index in [1.165, 1.54) is 41.2 Å². The van der Waals surface area contributed by atoms with E-state index >= 15 is 0 Å². The summed E-state index contributed by atoms with van der Waals surface area (Å²) in [6.07, 6.45) is 1.30. The Morgan fingerprint density at radius 1 is 1.03 bits per heavy atom. The first-order valence-corrected chi connectivity index (χ1v) is 12.1. The second-order valence-corrected chi connectivity index (χ2v) is 10.3. The Kier molecular flexibility index (Phi) is 7.35. The zero-order valence-corrected chi connectivity index (χ0v) is 22.2. The number of ether oxygens (including phenoxy) is 1. The van der Waals surface area contributed by atoms with Gasteiger partial charge in [0.05, 0.1) is 27.0 Å². The van der Waals surface area contributed by atoms with E-state index in [1.807, 2.05) is 20.8 Å². The molecule has 0 saturated heterocycles. The molecule has 0 fully saturated rings. The van der Waals surface area contributed by atoms with Gasteiger partial charge in [-0.25, -0.2) is 4.98 Å². The molecule has 0 aliphatic rings. The molecule has 12 heteroatoms. The fraction of sp³-hybridized carbons (Fsp3) is 0.192. The summed E-state index contributed by atoms with van der Waals surface area (Å²) in [7, 11) is 0. The third kappa shape index (κ3) is 5.75. The third-order valence-electron chi connectivity index (χ3n) is 5.51. The van der Waals surface area contributed by atoms with Crippen molar-refractivity contribution in [1.29, 1.82) is 0 Å². The fourth-order valence-electron chi connectivity index (χ4n) is 3.66. The van der Waals surface area contributed by atoms with E-state index in [2.05, 4.69) is 26.0 Å². The Morgan fingerprint density at radius 3 is 2.42 bits per heavy atom. The molecule has 38 heavy (non-hydrogen) atoms. The molecular weight excluding hydrogens is 558 g/mol. The van der Waals surface area contributed by atoms with E-state index in [-0.39, 0.29) is 29.3 Å². The van der Waals surface area contributed by atoms with Crippen LogP contribution in [-0.4, -0.2) is 25.7 Å². The molecule has 0 saturated carbocycles. The molecule has 0 spiro atoms. The van der Waals surface area contributed by atoms with Crippen LogP contribution >= 0.6 is 15.9 Å². The van der Waals surface area contributed by atoms with Crippen molar-refractivity contribution in [2.24, 2.45) is 5.10 Å². The number of aromatic nitrogens is 2. The van der Waals surface area contributed by atoms with E-state index in [0.717, 1.165) is 0 Å². The Bertz CT molecular complexity index is 1660. The number of halogens is 1. The number of non-ortho nitro benzene ring substituents is 2. The molecule has 1 aromatic heterocycles. The molecule has 4 rings (SSSR count). The average Bonchev–Trinajstić information content (AvgIpc) is 2.86. The fourth-order valence-corrected chi connectivity index (χ4v) is 4.02. The number of hydrogen-bond acceptors (Lipinski definition) is 8. The van der Waals surface area contributed by atoms with Crippen LogP contribution in [-0.2, 0) is 12.0 Å². The Balaban J connectivity index is 1.78. The summed E-state index contributed by atoms with van der Waals surface area (Å²) in [5.74, 6) is 0.644. The number of benzene rings is 3. The van der Waals surface area contributed by atoms with Crippen molar-refractivity contribution in [2.75, 3.05) is 0 Å². The molecule has 0 unspecified atom stereocenters. The minimum absolute atomic E-state index is 0.0287. The molecule has 11 nitrogen and oxygen atoms in total. The number of rotatable bonds is 7. The average molecular weight is 580 g/mol. The first-order valence-electron chi connectivity index (χ1n) is 11.4. The van der Waals surface area contributed by atoms with Gasteiger partial charge in [0.15, 0.2) is 0 Å². The lowest BCUT2D eigenvalue weighted by Crippen LogP contribution is -2.29. The van der Waals surface area contributed by atoms with E-state index in [1.54, 1.807) is 30.3 Å². The summed E-state index contributed by atoms with van der Waals surface area (Å²) in [5.41, 5.74) is 0.0655. The summed E-state index contributed by atoms with van der Waals surface area (Å²) in [4.78, 5) is 39.5. The van der Waals surface area contributed by atoms with Crippen molar-refractivity contribution in [3.8, 4) is 5.75 Å². The van der Waals surface area contributed by atoms with Crippen molar-refractivity contribution in [3.63, 3.8) is 0 Å². The number of fused-ring (bicyclic) bond motifs is 1. The molecule has 1 heterocycles. The number of nitro groups is 2. The van der Waals surface area contributed by atoms with Crippen LogP contribution in [0, 0.1) is 20.2 Å². The molecule has 0 aliphatic carbocycles. The van der Waals surface area contributed by atoms with Gasteiger partial charge in [0.1, 0.15) is 18.2 Å². The second kappa shape index (κ2) is 10.5. The van der Waals surface area contributed by atoms with Crippen LogP contribution in [0.4, 0.5) is 11.4 Å². The molecule has 3 aromatic carbocycles. The maximum Gasteiger partial charge on any atom is 0.282 e. The van der Waals surface area contributed by atoms with Gasteiger partial charge in [-0.2, -0.15) is 9.78 Å². The summed E-state index contributed by atoms with van der Waals surface area (Å²) in [6.45, 7) is 5.66. The predicted octanol–water partition coefficient (Wildman–Crippen LogP) is 5.73. The van der Waals surface area contributed by atoms with Crippen LogP contribution in [0.5, 0.6) is 5.75 Å². The van der Waals surface area contributed by atoms with Crippen LogP contribution < -0.4 is 10.3 Å². The lowest BCUT2D eigenvalue weighted by atomic mass is 9.95. The Hall–Kier alpha value is -4.45. The van der Waals surface area contributed by atoms with Crippen molar-refractivity contribution in [1.82, 2.24) is 9.66 Å².